The van der Waals surface area contributed by atoms with Crippen LogP contribution in [0.1, 0.15) is 12.5 Å². The highest BCUT2D eigenvalue weighted by Gasteiger charge is 2.07. The second-order valence-electron chi connectivity index (χ2n) is 4.33. The van der Waals surface area contributed by atoms with E-state index in [1.807, 2.05) is 19.1 Å². The van der Waals surface area contributed by atoms with Crippen molar-refractivity contribution >= 4 is 39.3 Å². The molecular formula is C14H14BrClN2S. The van der Waals surface area contributed by atoms with Gasteiger partial charge >= 0.3 is 0 Å². The molecule has 1 atom stereocenters. The van der Waals surface area contributed by atoms with Gasteiger partial charge in [0.15, 0.2) is 0 Å². The Morgan fingerprint density at radius 3 is 2.84 bits per heavy atom. The quantitative estimate of drug-likeness (QED) is 0.873. The minimum absolute atomic E-state index is 0.153. The van der Waals surface area contributed by atoms with E-state index in [0.717, 1.165) is 20.8 Å². The Bertz CT molecular complexity index is 575. The van der Waals surface area contributed by atoms with Crippen molar-refractivity contribution in [2.75, 3.05) is 0 Å². The van der Waals surface area contributed by atoms with E-state index in [4.69, 9.17) is 17.3 Å². The minimum atomic E-state index is 0.153. The third-order valence-electron chi connectivity index (χ3n) is 2.51. The average Bonchev–Trinajstić information content (AvgIpc) is 2.35. The van der Waals surface area contributed by atoms with E-state index >= 15 is 0 Å². The van der Waals surface area contributed by atoms with Crippen molar-refractivity contribution in [3.63, 3.8) is 0 Å². The number of nitrogens with two attached hydrogens (primary N) is 1. The van der Waals surface area contributed by atoms with Crippen molar-refractivity contribution < 1.29 is 0 Å². The highest BCUT2D eigenvalue weighted by Crippen LogP contribution is 2.33. The zero-order valence-corrected chi connectivity index (χ0v) is 13.6. The summed E-state index contributed by atoms with van der Waals surface area (Å²) in [6.07, 6.45) is 2.60. The molecule has 1 heterocycles. The summed E-state index contributed by atoms with van der Waals surface area (Å²) in [5, 5.41) is 1.49. The lowest BCUT2D eigenvalue weighted by molar-refractivity contribution is 0.735. The summed E-state index contributed by atoms with van der Waals surface area (Å²) in [6, 6.07) is 10.1. The topological polar surface area (TPSA) is 38.9 Å². The minimum Gasteiger partial charge on any atom is -0.328 e. The lowest BCUT2D eigenvalue weighted by atomic mass is 10.1. The maximum atomic E-state index is 6.10. The molecule has 0 aliphatic rings. The summed E-state index contributed by atoms with van der Waals surface area (Å²) in [7, 11) is 0. The zero-order valence-electron chi connectivity index (χ0n) is 10.4. The lowest BCUT2D eigenvalue weighted by Crippen LogP contribution is -2.17. The Hall–Kier alpha value is -0.550. The molecule has 1 aromatic carbocycles. The summed E-state index contributed by atoms with van der Waals surface area (Å²) >= 11 is 11.2. The summed E-state index contributed by atoms with van der Waals surface area (Å²) in [4.78, 5) is 5.37. The first kappa shape index (κ1) is 14.9. The first-order valence-electron chi connectivity index (χ1n) is 5.88. The maximum Gasteiger partial charge on any atom is 0.119 e. The van der Waals surface area contributed by atoms with E-state index in [2.05, 4.69) is 39.1 Å². The summed E-state index contributed by atoms with van der Waals surface area (Å²) in [5.74, 6) is 0. The van der Waals surface area contributed by atoms with Crippen LogP contribution in [0.4, 0.5) is 0 Å². The summed E-state index contributed by atoms with van der Waals surface area (Å²) in [6.45, 7) is 2.00. The number of halogens is 2. The molecular weight excluding hydrogens is 344 g/mol. The molecule has 5 heteroatoms. The molecule has 0 saturated carbocycles. The highest BCUT2D eigenvalue weighted by molar-refractivity contribution is 9.10. The van der Waals surface area contributed by atoms with Crippen LogP contribution < -0.4 is 5.73 Å². The van der Waals surface area contributed by atoms with Crippen molar-refractivity contribution in [1.29, 1.82) is 0 Å². The van der Waals surface area contributed by atoms with Gasteiger partial charge < -0.3 is 5.73 Å². The Balaban J connectivity index is 2.19. The van der Waals surface area contributed by atoms with Gasteiger partial charge in [0.1, 0.15) is 5.03 Å². The van der Waals surface area contributed by atoms with Crippen LogP contribution >= 0.6 is 39.3 Å². The molecule has 0 aliphatic heterocycles. The molecule has 2 aromatic rings. The highest BCUT2D eigenvalue weighted by atomic mass is 79.9. The predicted molar refractivity (Wildman–Crippen MR) is 84.9 cm³/mol. The average molecular weight is 358 g/mol. The second kappa shape index (κ2) is 6.75. The monoisotopic (exact) mass is 356 g/mol. The van der Waals surface area contributed by atoms with Gasteiger partial charge in [-0.25, -0.2) is 4.98 Å². The van der Waals surface area contributed by atoms with Gasteiger partial charge in [-0.3, -0.25) is 0 Å². The molecule has 2 rings (SSSR count). The molecule has 0 fully saturated rings. The van der Waals surface area contributed by atoms with Gasteiger partial charge in [0.2, 0.25) is 0 Å². The fourth-order valence-electron chi connectivity index (χ4n) is 1.66. The van der Waals surface area contributed by atoms with Gasteiger partial charge in [0.25, 0.3) is 0 Å². The zero-order chi connectivity index (χ0) is 13.8. The van der Waals surface area contributed by atoms with Crippen molar-refractivity contribution in [3.05, 3.63) is 51.6 Å². The third kappa shape index (κ3) is 4.21. The first-order chi connectivity index (χ1) is 9.06. The number of nitrogens with zero attached hydrogens (tertiary/aromatic N) is 1. The fraction of sp³-hybridized carbons (Fsp3) is 0.214. The van der Waals surface area contributed by atoms with Gasteiger partial charge in [-0.1, -0.05) is 45.4 Å². The molecule has 1 unspecified atom stereocenters. The van der Waals surface area contributed by atoms with E-state index < -0.39 is 0 Å². The number of hydrogen-bond donors (Lipinski definition) is 1. The van der Waals surface area contributed by atoms with Gasteiger partial charge in [0.05, 0.1) is 5.02 Å². The summed E-state index contributed by atoms with van der Waals surface area (Å²) < 4.78 is 1.07. The molecule has 0 radical (unpaired) electrons. The third-order valence-corrected chi connectivity index (χ3v) is 4.67. The van der Waals surface area contributed by atoms with Crippen LogP contribution in [0, 0.1) is 0 Å². The van der Waals surface area contributed by atoms with Crippen molar-refractivity contribution in [3.8, 4) is 0 Å². The number of rotatable bonds is 4. The smallest absolute Gasteiger partial charge is 0.119 e. The fourth-order valence-corrected chi connectivity index (χ4v) is 3.41. The van der Waals surface area contributed by atoms with Crippen LogP contribution in [-0.2, 0) is 6.42 Å². The normalized spacial score (nSPS) is 12.4. The Morgan fingerprint density at radius 1 is 1.42 bits per heavy atom. The first-order valence-corrected chi connectivity index (χ1v) is 7.87. The van der Waals surface area contributed by atoms with Gasteiger partial charge in [-0.05, 0) is 43.2 Å². The molecule has 19 heavy (non-hydrogen) atoms. The number of pyridine rings is 1. The van der Waals surface area contributed by atoms with Gasteiger partial charge in [-0.15, -0.1) is 0 Å². The van der Waals surface area contributed by atoms with E-state index in [1.165, 1.54) is 5.56 Å². The lowest BCUT2D eigenvalue weighted by Gasteiger charge is -2.09. The molecule has 0 saturated heterocycles. The van der Waals surface area contributed by atoms with Crippen LogP contribution in [0.15, 0.2) is 50.9 Å². The Kier molecular flexibility index (Phi) is 5.28. The largest absolute Gasteiger partial charge is 0.328 e. The molecule has 0 aliphatic carbocycles. The van der Waals surface area contributed by atoms with Crippen LogP contribution in [0.2, 0.25) is 5.02 Å². The Morgan fingerprint density at radius 2 is 2.21 bits per heavy atom. The van der Waals surface area contributed by atoms with E-state index in [9.17, 15) is 0 Å². The van der Waals surface area contributed by atoms with Gasteiger partial charge in [-0.2, -0.15) is 0 Å². The molecule has 2 nitrogen and oxygen atoms in total. The summed E-state index contributed by atoms with van der Waals surface area (Å²) in [5.41, 5.74) is 7.04. The number of benzene rings is 1. The van der Waals surface area contributed by atoms with Gasteiger partial charge in [0, 0.05) is 21.6 Å². The van der Waals surface area contributed by atoms with Crippen LogP contribution in [-0.4, -0.2) is 11.0 Å². The van der Waals surface area contributed by atoms with Crippen molar-refractivity contribution in [2.24, 2.45) is 5.73 Å². The van der Waals surface area contributed by atoms with E-state index in [1.54, 1.807) is 18.0 Å². The molecule has 0 bridgehead atoms. The van der Waals surface area contributed by atoms with Crippen molar-refractivity contribution in [2.45, 2.75) is 29.3 Å². The number of hydrogen-bond acceptors (Lipinski definition) is 3. The second-order valence-corrected chi connectivity index (χ2v) is 6.65. The predicted octanol–water partition coefficient (Wildman–Crippen LogP) is 4.54. The standard InChI is InChI=1S/C14H14BrClN2S/c1-9(17)7-10-4-5-11(8-12(10)15)19-14-13(16)3-2-6-18-14/h2-6,8-9H,7,17H2,1H3. The Labute approximate surface area is 130 Å². The van der Waals surface area contributed by atoms with Crippen molar-refractivity contribution in [1.82, 2.24) is 4.98 Å². The van der Waals surface area contributed by atoms with Crippen LogP contribution in [0.3, 0.4) is 0 Å². The number of aromatic nitrogens is 1. The van der Waals surface area contributed by atoms with Crippen LogP contribution in [0.5, 0.6) is 0 Å². The molecule has 0 spiro atoms. The molecule has 0 amide bonds. The maximum absolute atomic E-state index is 6.10. The SMILES string of the molecule is CC(N)Cc1ccc(Sc2ncccc2Cl)cc1Br. The molecule has 2 N–H and O–H groups in total. The van der Waals surface area contributed by atoms with Crippen LogP contribution in [0.25, 0.3) is 0 Å². The van der Waals surface area contributed by atoms with E-state index in [-0.39, 0.29) is 6.04 Å². The molecule has 100 valence electrons. The molecule has 1 aromatic heterocycles. The van der Waals surface area contributed by atoms with E-state index in [0.29, 0.717) is 5.02 Å².